The number of hydrogen-bond donors (Lipinski definition) is 1. The highest BCUT2D eigenvalue weighted by molar-refractivity contribution is 6.03. The first kappa shape index (κ1) is 14.1. The highest BCUT2D eigenvalue weighted by atomic mass is 16.1. The molecule has 0 bridgehead atoms. The molecule has 0 saturated carbocycles. The first-order valence-electron chi connectivity index (χ1n) is 7.41. The van der Waals surface area contributed by atoms with Crippen LogP contribution in [0.3, 0.4) is 0 Å². The van der Waals surface area contributed by atoms with Gasteiger partial charge in [0.15, 0.2) is 5.65 Å². The van der Waals surface area contributed by atoms with Crippen LogP contribution in [0.2, 0.25) is 0 Å². The quantitative estimate of drug-likeness (QED) is 0.631. The number of carbonyl (C=O) groups excluding carboxylic acids is 1. The number of amides is 1. The monoisotopic (exact) mass is 315 g/mol. The largest absolute Gasteiger partial charge is 0.306 e. The number of anilines is 1. The van der Waals surface area contributed by atoms with Crippen molar-refractivity contribution >= 4 is 17.4 Å². The Kier molecular flexibility index (Phi) is 3.47. The Morgan fingerprint density at radius 2 is 1.75 bits per heavy atom. The molecule has 3 aromatic heterocycles. The summed E-state index contributed by atoms with van der Waals surface area (Å²) in [7, 11) is 0. The second-order valence-electron chi connectivity index (χ2n) is 5.20. The molecule has 6 nitrogen and oxygen atoms in total. The fourth-order valence-electron chi connectivity index (χ4n) is 2.43. The number of imidazole rings is 1. The van der Waals surface area contributed by atoms with Gasteiger partial charge in [-0.2, -0.15) is 0 Å². The molecule has 6 heteroatoms. The molecule has 0 radical (unpaired) electrons. The number of rotatable bonds is 3. The smallest absolute Gasteiger partial charge is 0.256 e. The van der Waals surface area contributed by atoms with Crippen LogP contribution < -0.4 is 5.32 Å². The maximum Gasteiger partial charge on any atom is 0.256 e. The Balaban J connectivity index is 1.70. The van der Waals surface area contributed by atoms with Gasteiger partial charge >= 0.3 is 0 Å². The molecule has 24 heavy (non-hydrogen) atoms. The number of benzene rings is 1. The molecule has 0 aliphatic heterocycles. The van der Waals surface area contributed by atoms with E-state index in [0.717, 1.165) is 11.3 Å². The van der Waals surface area contributed by atoms with Crippen molar-refractivity contribution in [1.82, 2.24) is 19.4 Å². The van der Waals surface area contributed by atoms with E-state index in [-0.39, 0.29) is 5.91 Å². The molecule has 4 aromatic rings. The number of nitrogens with one attached hydrogen (secondary N) is 1. The van der Waals surface area contributed by atoms with Crippen molar-refractivity contribution in [2.45, 2.75) is 0 Å². The normalized spacial score (nSPS) is 10.7. The van der Waals surface area contributed by atoms with E-state index in [4.69, 9.17) is 0 Å². The Labute approximate surface area is 137 Å². The summed E-state index contributed by atoms with van der Waals surface area (Å²) in [5, 5.41) is 2.87. The molecule has 1 amide bonds. The summed E-state index contributed by atoms with van der Waals surface area (Å²) >= 11 is 0. The average Bonchev–Trinajstić information content (AvgIpc) is 3.05. The second kappa shape index (κ2) is 5.92. The lowest BCUT2D eigenvalue weighted by molar-refractivity contribution is 0.102. The van der Waals surface area contributed by atoms with Gasteiger partial charge in [-0.25, -0.2) is 4.98 Å². The predicted molar refractivity (Wildman–Crippen MR) is 90.6 cm³/mol. The summed E-state index contributed by atoms with van der Waals surface area (Å²) in [6.07, 6.45) is 8.33. The van der Waals surface area contributed by atoms with Gasteiger partial charge in [-0.3, -0.25) is 19.2 Å². The van der Waals surface area contributed by atoms with E-state index >= 15 is 0 Å². The maximum absolute atomic E-state index is 12.3. The summed E-state index contributed by atoms with van der Waals surface area (Å²) < 4.78 is 1.81. The molecule has 1 aromatic carbocycles. The van der Waals surface area contributed by atoms with E-state index in [2.05, 4.69) is 20.3 Å². The predicted octanol–water partition coefficient (Wildman–Crippen LogP) is 3.04. The van der Waals surface area contributed by atoms with Crippen molar-refractivity contribution in [3.63, 3.8) is 0 Å². The van der Waals surface area contributed by atoms with Crippen molar-refractivity contribution in [2.24, 2.45) is 0 Å². The highest BCUT2D eigenvalue weighted by Crippen LogP contribution is 2.19. The van der Waals surface area contributed by atoms with Gasteiger partial charge in [0.05, 0.1) is 18.1 Å². The molecule has 3 heterocycles. The summed E-state index contributed by atoms with van der Waals surface area (Å²) in [5.74, 6) is 0.378. The average molecular weight is 315 g/mol. The van der Waals surface area contributed by atoms with E-state index in [9.17, 15) is 4.79 Å². The molecule has 0 saturated heterocycles. The lowest BCUT2D eigenvalue weighted by Crippen LogP contribution is -2.13. The van der Waals surface area contributed by atoms with Gasteiger partial charge in [0, 0.05) is 29.7 Å². The molecule has 0 fully saturated rings. The number of aromatic nitrogens is 4. The molecule has 0 spiro atoms. The van der Waals surface area contributed by atoms with Gasteiger partial charge in [0.1, 0.15) is 5.82 Å². The third kappa shape index (κ3) is 2.61. The third-order valence-corrected chi connectivity index (χ3v) is 3.65. The van der Waals surface area contributed by atoms with Crippen LogP contribution in [-0.2, 0) is 0 Å². The third-order valence-electron chi connectivity index (χ3n) is 3.65. The lowest BCUT2D eigenvalue weighted by Gasteiger charge is -2.06. The number of carbonyl (C=O) groups is 1. The number of nitrogens with zero attached hydrogens (tertiary/aromatic N) is 4. The van der Waals surface area contributed by atoms with Gasteiger partial charge in [-0.1, -0.05) is 30.3 Å². The molecule has 1 N–H and O–H groups in total. The van der Waals surface area contributed by atoms with E-state index in [1.165, 1.54) is 0 Å². The fraction of sp³-hybridized carbons (Fsp3) is 0. The summed E-state index contributed by atoms with van der Waals surface area (Å²) in [6, 6.07) is 13.2. The Morgan fingerprint density at radius 3 is 2.54 bits per heavy atom. The molecular formula is C18H13N5O. The minimum absolute atomic E-state index is 0.211. The fourth-order valence-corrected chi connectivity index (χ4v) is 2.43. The van der Waals surface area contributed by atoms with E-state index in [0.29, 0.717) is 17.0 Å². The van der Waals surface area contributed by atoms with Crippen LogP contribution in [-0.4, -0.2) is 25.3 Å². The van der Waals surface area contributed by atoms with E-state index < -0.39 is 0 Å². The van der Waals surface area contributed by atoms with Crippen LogP contribution in [0.4, 0.5) is 5.82 Å². The van der Waals surface area contributed by atoms with Gasteiger partial charge in [-0.15, -0.1) is 0 Å². The minimum atomic E-state index is -0.211. The second-order valence-corrected chi connectivity index (χ2v) is 5.20. The van der Waals surface area contributed by atoms with Crippen molar-refractivity contribution in [1.29, 1.82) is 0 Å². The Morgan fingerprint density at radius 1 is 0.958 bits per heavy atom. The van der Waals surface area contributed by atoms with Crippen LogP contribution in [0, 0.1) is 0 Å². The van der Waals surface area contributed by atoms with Crippen LogP contribution >= 0.6 is 0 Å². The topological polar surface area (TPSA) is 72.2 Å². The Bertz CT molecular complexity index is 996. The zero-order chi connectivity index (χ0) is 16.4. The van der Waals surface area contributed by atoms with Gasteiger partial charge in [0.25, 0.3) is 5.91 Å². The molecule has 0 unspecified atom stereocenters. The van der Waals surface area contributed by atoms with Crippen molar-refractivity contribution in [2.75, 3.05) is 5.32 Å². The molecule has 0 aliphatic rings. The van der Waals surface area contributed by atoms with E-state index in [1.54, 1.807) is 36.9 Å². The SMILES string of the molecule is O=C(Nc1cnc2cnc(-c3ccccc3)cn12)c1ccncc1. The van der Waals surface area contributed by atoms with Crippen molar-refractivity contribution < 1.29 is 4.79 Å². The maximum atomic E-state index is 12.3. The van der Waals surface area contributed by atoms with Crippen LogP contribution in [0.1, 0.15) is 10.4 Å². The van der Waals surface area contributed by atoms with Crippen molar-refractivity contribution in [3.8, 4) is 11.3 Å². The van der Waals surface area contributed by atoms with Crippen molar-refractivity contribution in [3.05, 3.63) is 79.0 Å². The summed E-state index contributed by atoms with van der Waals surface area (Å²) in [4.78, 5) is 24.9. The number of pyridine rings is 1. The van der Waals surface area contributed by atoms with Crippen LogP contribution in [0.15, 0.2) is 73.4 Å². The summed E-state index contributed by atoms with van der Waals surface area (Å²) in [5.41, 5.74) is 3.01. The minimum Gasteiger partial charge on any atom is -0.306 e. The molecule has 4 rings (SSSR count). The zero-order valence-corrected chi connectivity index (χ0v) is 12.6. The number of hydrogen-bond acceptors (Lipinski definition) is 4. The van der Waals surface area contributed by atoms with Crippen LogP contribution in [0.5, 0.6) is 0 Å². The molecule has 0 atom stereocenters. The molecule has 0 aliphatic carbocycles. The summed E-state index contributed by atoms with van der Waals surface area (Å²) in [6.45, 7) is 0. The van der Waals surface area contributed by atoms with Gasteiger partial charge < -0.3 is 5.32 Å². The first-order valence-corrected chi connectivity index (χ1v) is 7.41. The Hall–Kier alpha value is -3.54. The number of fused-ring (bicyclic) bond motifs is 1. The van der Waals surface area contributed by atoms with Crippen LogP contribution in [0.25, 0.3) is 16.9 Å². The molecule has 116 valence electrons. The molecular weight excluding hydrogens is 302 g/mol. The first-order chi connectivity index (χ1) is 11.8. The van der Waals surface area contributed by atoms with E-state index in [1.807, 2.05) is 40.9 Å². The van der Waals surface area contributed by atoms with Gasteiger partial charge in [0.2, 0.25) is 0 Å². The zero-order valence-electron chi connectivity index (χ0n) is 12.6. The van der Waals surface area contributed by atoms with Gasteiger partial charge in [-0.05, 0) is 12.1 Å². The standard InChI is InChI=1S/C18H13N5O/c24-18(14-6-8-19-9-7-14)22-17-11-21-16-10-20-15(12-23(16)17)13-4-2-1-3-5-13/h1-12H,(H,22,24). The lowest BCUT2D eigenvalue weighted by atomic mass is 10.2. The highest BCUT2D eigenvalue weighted by Gasteiger charge is 2.10.